The summed E-state index contributed by atoms with van der Waals surface area (Å²) in [5.41, 5.74) is 0. The zero-order valence-electron chi connectivity index (χ0n) is 18.1. The minimum atomic E-state index is -0.564. The standard InChI is InChI=1S/C23H38O6/c1-4-5-8-11-18(25)14-15-20-19(21(26)16-22(20)29-17(2)24)12-9-6-7-10-13-23(27)28-3/h6,9,14-15,18-22,25-26H,4-5,7-8,10-13,16H2,1-3H3. The zero-order valence-corrected chi connectivity index (χ0v) is 18.1. The van der Waals surface area contributed by atoms with Crippen molar-refractivity contribution in [2.75, 3.05) is 7.11 Å². The van der Waals surface area contributed by atoms with Crippen LogP contribution in [-0.2, 0) is 19.1 Å². The Hall–Kier alpha value is -1.66. The number of unbranched alkanes of at least 4 members (excludes halogenated alkanes) is 3. The molecule has 0 aliphatic heterocycles. The summed E-state index contributed by atoms with van der Waals surface area (Å²) in [6.07, 6.45) is 13.1. The third kappa shape index (κ3) is 10.1. The molecular formula is C23H38O6. The fourth-order valence-electron chi connectivity index (χ4n) is 3.82. The second kappa shape index (κ2) is 14.3. The fraction of sp³-hybridized carbons (Fsp3) is 0.739. The fourth-order valence-corrected chi connectivity index (χ4v) is 3.82. The molecule has 0 aromatic carbocycles. The number of esters is 2. The monoisotopic (exact) mass is 410 g/mol. The van der Waals surface area contributed by atoms with E-state index in [1.165, 1.54) is 14.0 Å². The van der Waals surface area contributed by atoms with Gasteiger partial charge in [-0.05, 0) is 31.6 Å². The van der Waals surface area contributed by atoms with E-state index in [0.29, 0.717) is 25.7 Å². The number of allylic oxidation sites excluding steroid dienone is 2. The molecule has 166 valence electrons. The number of aliphatic hydroxyl groups excluding tert-OH is 2. The molecule has 1 aliphatic rings. The van der Waals surface area contributed by atoms with Gasteiger partial charge in [-0.15, -0.1) is 0 Å². The summed E-state index contributed by atoms with van der Waals surface area (Å²) >= 11 is 0. The topological polar surface area (TPSA) is 93.1 Å². The molecule has 6 heteroatoms. The van der Waals surface area contributed by atoms with Crippen molar-refractivity contribution in [2.45, 2.75) is 89.9 Å². The maximum atomic E-state index is 11.5. The highest BCUT2D eigenvalue weighted by Crippen LogP contribution is 2.38. The van der Waals surface area contributed by atoms with E-state index in [4.69, 9.17) is 4.74 Å². The summed E-state index contributed by atoms with van der Waals surface area (Å²) in [4.78, 5) is 22.6. The van der Waals surface area contributed by atoms with E-state index in [1.807, 2.05) is 18.2 Å². The molecular weight excluding hydrogens is 372 g/mol. The number of carbonyl (C=O) groups excluding carboxylic acids is 2. The van der Waals surface area contributed by atoms with Crippen molar-refractivity contribution in [3.8, 4) is 0 Å². The Bertz CT molecular complexity index is 541. The van der Waals surface area contributed by atoms with Crippen molar-refractivity contribution in [3.05, 3.63) is 24.3 Å². The number of hydrogen-bond acceptors (Lipinski definition) is 6. The van der Waals surface area contributed by atoms with E-state index in [0.717, 1.165) is 32.1 Å². The van der Waals surface area contributed by atoms with Gasteiger partial charge in [0.05, 0.1) is 19.3 Å². The van der Waals surface area contributed by atoms with Crippen molar-refractivity contribution in [1.82, 2.24) is 0 Å². The predicted octanol–water partition coefficient (Wildman–Crippen LogP) is 3.70. The number of rotatable bonds is 13. The van der Waals surface area contributed by atoms with Gasteiger partial charge < -0.3 is 19.7 Å². The molecule has 2 N–H and O–H groups in total. The summed E-state index contributed by atoms with van der Waals surface area (Å²) in [5, 5.41) is 20.7. The lowest BCUT2D eigenvalue weighted by molar-refractivity contribution is -0.147. The number of hydrogen-bond donors (Lipinski definition) is 2. The highest BCUT2D eigenvalue weighted by Gasteiger charge is 2.42. The molecule has 0 saturated heterocycles. The summed E-state index contributed by atoms with van der Waals surface area (Å²) < 4.78 is 10.1. The van der Waals surface area contributed by atoms with Crippen LogP contribution in [0.2, 0.25) is 0 Å². The first-order chi connectivity index (χ1) is 13.9. The van der Waals surface area contributed by atoms with Crippen molar-refractivity contribution >= 4 is 11.9 Å². The van der Waals surface area contributed by atoms with Gasteiger partial charge in [0.25, 0.3) is 0 Å². The molecule has 6 nitrogen and oxygen atoms in total. The summed E-state index contributed by atoms with van der Waals surface area (Å²) in [6, 6.07) is 0. The van der Waals surface area contributed by atoms with Crippen molar-refractivity contribution in [2.24, 2.45) is 11.8 Å². The Morgan fingerprint density at radius 1 is 1.21 bits per heavy atom. The molecule has 5 atom stereocenters. The molecule has 0 bridgehead atoms. The second-order valence-electron chi connectivity index (χ2n) is 7.82. The first-order valence-electron chi connectivity index (χ1n) is 10.8. The lowest BCUT2D eigenvalue weighted by Gasteiger charge is -2.22. The summed E-state index contributed by atoms with van der Waals surface area (Å²) in [7, 11) is 1.38. The largest absolute Gasteiger partial charge is 0.469 e. The van der Waals surface area contributed by atoms with Gasteiger partial charge in [-0.2, -0.15) is 0 Å². The molecule has 0 spiro atoms. The highest BCUT2D eigenvalue weighted by atomic mass is 16.5. The van der Waals surface area contributed by atoms with Gasteiger partial charge in [0.1, 0.15) is 6.10 Å². The van der Waals surface area contributed by atoms with Gasteiger partial charge in [0, 0.05) is 25.7 Å². The second-order valence-corrected chi connectivity index (χ2v) is 7.82. The average Bonchev–Trinajstić information content (AvgIpc) is 2.96. The first kappa shape index (κ1) is 25.4. The average molecular weight is 411 g/mol. The third-order valence-electron chi connectivity index (χ3n) is 5.42. The Labute approximate surface area is 175 Å². The Balaban J connectivity index is 2.65. The smallest absolute Gasteiger partial charge is 0.305 e. The third-order valence-corrected chi connectivity index (χ3v) is 5.42. The minimum Gasteiger partial charge on any atom is -0.469 e. The molecule has 1 fully saturated rings. The summed E-state index contributed by atoms with van der Waals surface area (Å²) in [6.45, 7) is 3.50. The van der Waals surface area contributed by atoms with E-state index in [2.05, 4.69) is 11.7 Å². The van der Waals surface area contributed by atoms with Gasteiger partial charge in [0.15, 0.2) is 0 Å². The van der Waals surface area contributed by atoms with Crippen LogP contribution in [0, 0.1) is 11.8 Å². The number of carbonyl (C=O) groups is 2. The maximum absolute atomic E-state index is 11.5. The lowest BCUT2D eigenvalue weighted by Crippen LogP contribution is -2.24. The predicted molar refractivity (Wildman–Crippen MR) is 112 cm³/mol. The molecule has 0 radical (unpaired) electrons. The van der Waals surface area contributed by atoms with E-state index in [9.17, 15) is 19.8 Å². The normalized spacial score (nSPS) is 25.6. The summed E-state index contributed by atoms with van der Waals surface area (Å²) in [5.74, 6) is -0.774. The van der Waals surface area contributed by atoms with E-state index in [1.54, 1.807) is 6.08 Å². The van der Waals surface area contributed by atoms with Crippen molar-refractivity contribution < 1.29 is 29.3 Å². The van der Waals surface area contributed by atoms with Gasteiger partial charge in [-0.3, -0.25) is 9.59 Å². The SMILES string of the molecule is CCCCCC(O)C=CC1C(OC(C)=O)CC(O)C1CC=CCCCC(=O)OC. The molecule has 29 heavy (non-hydrogen) atoms. The van der Waals surface area contributed by atoms with Gasteiger partial charge >= 0.3 is 11.9 Å². The van der Waals surface area contributed by atoms with Crippen LogP contribution < -0.4 is 0 Å². The molecule has 1 rings (SSSR count). The van der Waals surface area contributed by atoms with Crippen LogP contribution in [0.1, 0.15) is 71.6 Å². The first-order valence-corrected chi connectivity index (χ1v) is 10.8. The Morgan fingerprint density at radius 3 is 2.62 bits per heavy atom. The molecule has 1 aliphatic carbocycles. The molecule has 0 amide bonds. The van der Waals surface area contributed by atoms with Crippen LogP contribution in [0.5, 0.6) is 0 Å². The molecule has 0 aromatic rings. The van der Waals surface area contributed by atoms with Crippen LogP contribution in [-0.4, -0.2) is 47.6 Å². The molecule has 0 aromatic heterocycles. The van der Waals surface area contributed by atoms with E-state index >= 15 is 0 Å². The lowest BCUT2D eigenvalue weighted by atomic mass is 9.89. The van der Waals surface area contributed by atoms with Gasteiger partial charge in [0.2, 0.25) is 0 Å². The zero-order chi connectivity index (χ0) is 21.6. The number of aliphatic hydroxyl groups is 2. The van der Waals surface area contributed by atoms with Gasteiger partial charge in [-0.1, -0.05) is 50.5 Å². The van der Waals surface area contributed by atoms with Crippen LogP contribution in [0.4, 0.5) is 0 Å². The Morgan fingerprint density at radius 2 is 1.97 bits per heavy atom. The van der Waals surface area contributed by atoms with Crippen LogP contribution in [0.25, 0.3) is 0 Å². The van der Waals surface area contributed by atoms with Crippen molar-refractivity contribution in [3.63, 3.8) is 0 Å². The van der Waals surface area contributed by atoms with Crippen molar-refractivity contribution in [1.29, 1.82) is 0 Å². The van der Waals surface area contributed by atoms with E-state index in [-0.39, 0.29) is 29.9 Å². The highest BCUT2D eigenvalue weighted by molar-refractivity contribution is 5.69. The number of ether oxygens (including phenoxy) is 2. The van der Waals surface area contributed by atoms with Gasteiger partial charge in [-0.25, -0.2) is 0 Å². The number of methoxy groups -OCH3 is 1. The molecule has 1 saturated carbocycles. The maximum Gasteiger partial charge on any atom is 0.305 e. The van der Waals surface area contributed by atoms with Crippen LogP contribution in [0.3, 0.4) is 0 Å². The molecule has 0 heterocycles. The van der Waals surface area contributed by atoms with Crippen LogP contribution >= 0.6 is 0 Å². The molecule has 5 unspecified atom stereocenters. The minimum absolute atomic E-state index is 0.0738. The Kier molecular flexibility index (Phi) is 12.6. The van der Waals surface area contributed by atoms with Crippen LogP contribution in [0.15, 0.2) is 24.3 Å². The van der Waals surface area contributed by atoms with E-state index < -0.39 is 12.2 Å². The quantitative estimate of drug-likeness (QED) is 0.273.